The first kappa shape index (κ1) is 20.4. The Morgan fingerprint density at radius 1 is 1.07 bits per heavy atom. The zero-order valence-corrected chi connectivity index (χ0v) is 16.4. The van der Waals surface area contributed by atoms with Crippen LogP contribution in [-0.4, -0.2) is 57.9 Å². The molecule has 2 N–H and O–H groups in total. The lowest BCUT2D eigenvalue weighted by Gasteiger charge is -2.31. The van der Waals surface area contributed by atoms with Crippen LogP contribution in [0.25, 0.3) is 0 Å². The fraction of sp³-hybridized carbons (Fsp3) is 0.350. The van der Waals surface area contributed by atoms with Gasteiger partial charge in [0.15, 0.2) is 6.54 Å². The van der Waals surface area contributed by atoms with Crippen LogP contribution in [0.2, 0.25) is 0 Å². The molecule has 0 radical (unpaired) electrons. The first-order valence-corrected chi connectivity index (χ1v) is 10.8. The summed E-state index contributed by atoms with van der Waals surface area (Å²) in [5.74, 6) is -0.607. The third-order valence-corrected chi connectivity index (χ3v) is 6.75. The number of hydrogen-bond acceptors (Lipinski definition) is 3. The second-order valence-corrected chi connectivity index (χ2v) is 8.81. The third kappa shape index (κ3) is 5.37. The van der Waals surface area contributed by atoms with Gasteiger partial charge in [-0.1, -0.05) is 36.4 Å². The van der Waals surface area contributed by atoms with E-state index in [1.54, 1.807) is 0 Å². The zero-order valence-electron chi connectivity index (χ0n) is 15.6. The number of nitrogens with zero attached hydrogens (tertiary/aromatic N) is 1. The molecule has 6 nitrogen and oxygen atoms in total. The van der Waals surface area contributed by atoms with E-state index in [0.717, 1.165) is 17.4 Å². The maximum absolute atomic E-state index is 13.3. The predicted molar refractivity (Wildman–Crippen MR) is 104 cm³/mol. The van der Waals surface area contributed by atoms with Gasteiger partial charge in [-0.2, -0.15) is 4.31 Å². The van der Waals surface area contributed by atoms with Crippen LogP contribution in [0.1, 0.15) is 5.56 Å². The van der Waals surface area contributed by atoms with E-state index in [4.69, 9.17) is 0 Å². The molecule has 2 aromatic carbocycles. The summed E-state index contributed by atoms with van der Waals surface area (Å²) in [4.78, 5) is 13.1. The number of hydrogen-bond donors (Lipinski definition) is 2. The van der Waals surface area contributed by atoms with Crippen LogP contribution >= 0.6 is 0 Å². The highest BCUT2D eigenvalue weighted by atomic mass is 32.2. The molecule has 1 aliphatic heterocycles. The molecule has 0 aliphatic carbocycles. The maximum Gasteiger partial charge on any atom is 0.275 e. The van der Waals surface area contributed by atoms with Gasteiger partial charge in [0.05, 0.1) is 31.1 Å². The molecule has 1 saturated heterocycles. The van der Waals surface area contributed by atoms with Crippen molar-refractivity contribution in [2.45, 2.75) is 11.3 Å². The number of carbonyl (C=O) groups is 1. The number of nitrogens with one attached hydrogen (secondary N) is 2. The summed E-state index contributed by atoms with van der Waals surface area (Å²) in [6.07, 6.45) is 0.779. The monoisotopic (exact) mass is 406 g/mol. The Morgan fingerprint density at radius 3 is 2.46 bits per heavy atom. The molecule has 1 heterocycles. The van der Waals surface area contributed by atoms with Crippen LogP contribution in [0, 0.1) is 5.82 Å². The van der Waals surface area contributed by atoms with E-state index in [0.29, 0.717) is 39.3 Å². The molecule has 0 spiro atoms. The fourth-order valence-electron chi connectivity index (χ4n) is 3.28. The van der Waals surface area contributed by atoms with Gasteiger partial charge in [0.25, 0.3) is 5.91 Å². The minimum Gasteiger partial charge on any atom is -0.351 e. The summed E-state index contributed by atoms with van der Waals surface area (Å²) < 4.78 is 39.9. The lowest BCUT2D eigenvalue weighted by molar-refractivity contribution is -0.895. The van der Waals surface area contributed by atoms with E-state index in [-0.39, 0.29) is 10.8 Å². The summed E-state index contributed by atoms with van der Waals surface area (Å²) in [5.41, 5.74) is 1.17. The Balaban J connectivity index is 1.44. The highest BCUT2D eigenvalue weighted by Crippen LogP contribution is 2.16. The number of piperazine rings is 1. The molecule has 0 saturated carbocycles. The van der Waals surface area contributed by atoms with Gasteiger partial charge in [-0.05, 0) is 30.2 Å². The Bertz CT molecular complexity index is 898. The van der Waals surface area contributed by atoms with Crippen molar-refractivity contribution in [2.75, 3.05) is 39.3 Å². The van der Waals surface area contributed by atoms with E-state index in [2.05, 4.69) is 5.32 Å². The molecule has 0 aromatic heterocycles. The van der Waals surface area contributed by atoms with Gasteiger partial charge >= 0.3 is 0 Å². The average molecular weight is 407 g/mol. The summed E-state index contributed by atoms with van der Waals surface area (Å²) in [7, 11) is -3.70. The van der Waals surface area contributed by atoms with E-state index < -0.39 is 15.8 Å². The van der Waals surface area contributed by atoms with E-state index in [1.165, 1.54) is 28.1 Å². The Hall–Kier alpha value is -2.29. The van der Waals surface area contributed by atoms with Gasteiger partial charge in [-0.3, -0.25) is 4.79 Å². The van der Waals surface area contributed by atoms with Gasteiger partial charge in [0.1, 0.15) is 5.82 Å². The topological polar surface area (TPSA) is 70.9 Å². The SMILES string of the molecule is O=C(C[NH+]1CCN(S(=O)(=O)c2cccc(F)c2)CC1)NCCc1ccccc1. The van der Waals surface area contributed by atoms with Crippen LogP contribution in [0.15, 0.2) is 59.5 Å². The normalized spacial score (nSPS) is 16.0. The Labute approximate surface area is 165 Å². The van der Waals surface area contributed by atoms with E-state index in [1.807, 2.05) is 30.3 Å². The number of rotatable bonds is 7. The Morgan fingerprint density at radius 2 is 1.79 bits per heavy atom. The molecule has 0 unspecified atom stereocenters. The molecule has 0 atom stereocenters. The smallest absolute Gasteiger partial charge is 0.275 e. The highest BCUT2D eigenvalue weighted by molar-refractivity contribution is 7.89. The van der Waals surface area contributed by atoms with Crippen molar-refractivity contribution in [1.82, 2.24) is 9.62 Å². The summed E-state index contributed by atoms with van der Waals surface area (Å²) in [6.45, 7) is 2.61. The quantitative estimate of drug-likeness (QED) is 0.684. The van der Waals surface area contributed by atoms with Crippen molar-refractivity contribution in [3.63, 3.8) is 0 Å². The molecule has 150 valence electrons. The number of carbonyl (C=O) groups excluding carboxylic acids is 1. The standard InChI is InChI=1S/C20H24FN3O3S/c21-18-7-4-8-19(15-18)28(26,27)24-13-11-23(12-14-24)16-20(25)22-10-9-17-5-2-1-3-6-17/h1-8,15H,9-14,16H2,(H,22,25)/p+1. The number of amides is 1. The number of benzene rings is 2. The van der Waals surface area contributed by atoms with Crippen molar-refractivity contribution in [3.8, 4) is 0 Å². The van der Waals surface area contributed by atoms with Crippen molar-refractivity contribution in [2.24, 2.45) is 0 Å². The molecule has 0 bridgehead atoms. The van der Waals surface area contributed by atoms with Crippen LogP contribution in [0.5, 0.6) is 0 Å². The molecule has 1 aliphatic rings. The van der Waals surface area contributed by atoms with Gasteiger partial charge < -0.3 is 10.2 Å². The molecule has 2 aromatic rings. The third-order valence-electron chi connectivity index (χ3n) is 4.85. The maximum atomic E-state index is 13.3. The number of quaternary nitrogens is 1. The second-order valence-electron chi connectivity index (χ2n) is 6.87. The van der Waals surface area contributed by atoms with Crippen molar-refractivity contribution in [3.05, 3.63) is 66.0 Å². The molecular formula is C20H25FN3O3S+. The lowest BCUT2D eigenvalue weighted by atomic mass is 10.1. The minimum absolute atomic E-state index is 0.0328. The van der Waals surface area contributed by atoms with Crippen LogP contribution in [0.4, 0.5) is 4.39 Å². The van der Waals surface area contributed by atoms with E-state index >= 15 is 0 Å². The van der Waals surface area contributed by atoms with Gasteiger partial charge in [0.2, 0.25) is 10.0 Å². The minimum atomic E-state index is -3.70. The number of halogens is 1. The molecular weight excluding hydrogens is 381 g/mol. The second kappa shape index (κ2) is 9.27. The first-order valence-electron chi connectivity index (χ1n) is 9.35. The fourth-order valence-corrected chi connectivity index (χ4v) is 4.75. The predicted octanol–water partition coefficient (Wildman–Crippen LogP) is 0.0738. The van der Waals surface area contributed by atoms with E-state index in [9.17, 15) is 17.6 Å². The average Bonchev–Trinajstić information content (AvgIpc) is 2.69. The van der Waals surface area contributed by atoms with Crippen molar-refractivity contribution < 1.29 is 22.5 Å². The summed E-state index contributed by atoms with van der Waals surface area (Å²) in [5, 5.41) is 2.92. The molecule has 1 amide bonds. The molecule has 8 heteroatoms. The Kier molecular flexibility index (Phi) is 6.77. The summed E-state index contributed by atoms with van der Waals surface area (Å²) in [6, 6.07) is 15.0. The van der Waals surface area contributed by atoms with Crippen LogP contribution in [-0.2, 0) is 21.2 Å². The van der Waals surface area contributed by atoms with Gasteiger partial charge in [-0.15, -0.1) is 0 Å². The van der Waals surface area contributed by atoms with Crippen molar-refractivity contribution >= 4 is 15.9 Å². The molecule has 28 heavy (non-hydrogen) atoms. The first-order chi connectivity index (χ1) is 13.4. The lowest BCUT2D eigenvalue weighted by Crippen LogP contribution is -3.15. The number of sulfonamides is 1. The summed E-state index contributed by atoms with van der Waals surface area (Å²) >= 11 is 0. The highest BCUT2D eigenvalue weighted by Gasteiger charge is 2.31. The van der Waals surface area contributed by atoms with Crippen LogP contribution in [0.3, 0.4) is 0 Å². The molecule has 3 rings (SSSR count). The van der Waals surface area contributed by atoms with Gasteiger partial charge in [-0.25, -0.2) is 12.8 Å². The molecule has 1 fully saturated rings. The van der Waals surface area contributed by atoms with Crippen molar-refractivity contribution in [1.29, 1.82) is 0 Å². The van der Waals surface area contributed by atoms with Gasteiger partial charge in [0, 0.05) is 6.54 Å². The zero-order chi connectivity index (χ0) is 20.0. The largest absolute Gasteiger partial charge is 0.351 e. The van der Waals surface area contributed by atoms with Crippen LogP contribution < -0.4 is 10.2 Å².